The molecule has 0 saturated heterocycles. The van der Waals surface area contributed by atoms with Crippen molar-refractivity contribution in [2.24, 2.45) is 0 Å². The number of nitrogens with zero attached hydrogens (tertiary/aromatic N) is 1. The van der Waals surface area contributed by atoms with Crippen molar-refractivity contribution in [3.63, 3.8) is 0 Å². The molecule has 0 spiro atoms. The van der Waals surface area contributed by atoms with E-state index in [2.05, 4.69) is 23.7 Å². The monoisotopic (exact) mass is 342 g/mol. The second-order valence-corrected chi connectivity index (χ2v) is 6.91. The first-order valence-corrected chi connectivity index (χ1v) is 8.69. The van der Waals surface area contributed by atoms with Crippen LogP contribution in [0.3, 0.4) is 0 Å². The van der Waals surface area contributed by atoms with Crippen molar-refractivity contribution in [1.82, 2.24) is 9.88 Å². The van der Waals surface area contributed by atoms with Crippen LogP contribution in [0.2, 0.25) is 0 Å². The lowest BCUT2D eigenvalue weighted by Gasteiger charge is -2.26. The van der Waals surface area contributed by atoms with Crippen molar-refractivity contribution < 1.29 is 14.3 Å². The van der Waals surface area contributed by atoms with Crippen LogP contribution in [-0.2, 0) is 6.42 Å². The predicted octanol–water partition coefficient (Wildman–Crippen LogP) is 3.43. The van der Waals surface area contributed by atoms with Crippen molar-refractivity contribution in [3.05, 3.63) is 46.8 Å². The van der Waals surface area contributed by atoms with Gasteiger partial charge < -0.3 is 19.4 Å². The third-order valence-corrected chi connectivity index (χ3v) is 4.76. The summed E-state index contributed by atoms with van der Waals surface area (Å²) in [4.78, 5) is 12.7. The van der Waals surface area contributed by atoms with Gasteiger partial charge in [0.1, 0.15) is 18.1 Å². The van der Waals surface area contributed by atoms with Crippen LogP contribution in [0.15, 0.2) is 24.3 Å². The largest absolute Gasteiger partial charge is 0.497 e. The van der Waals surface area contributed by atoms with Crippen LogP contribution in [-0.4, -0.2) is 30.2 Å². The van der Waals surface area contributed by atoms with Gasteiger partial charge in [-0.15, -0.1) is 0 Å². The number of nitrogens with one attached hydrogen (secondary N) is 1. The van der Waals surface area contributed by atoms with E-state index in [1.54, 1.807) is 7.11 Å². The second-order valence-electron chi connectivity index (χ2n) is 6.91. The summed E-state index contributed by atoms with van der Waals surface area (Å²) in [6.45, 7) is 8.76. The Bertz CT molecular complexity index is 792. The van der Waals surface area contributed by atoms with Gasteiger partial charge in [0.05, 0.1) is 18.7 Å². The number of rotatable bonds is 4. The van der Waals surface area contributed by atoms with Crippen LogP contribution in [0.4, 0.5) is 0 Å². The van der Waals surface area contributed by atoms with E-state index in [1.165, 1.54) is 0 Å². The summed E-state index contributed by atoms with van der Waals surface area (Å²) in [5, 5.41) is 3.12. The Hall–Kier alpha value is -2.43. The molecule has 0 aliphatic carbocycles. The number of methoxy groups -OCH3 is 1. The van der Waals surface area contributed by atoms with Gasteiger partial charge in [-0.3, -0.25) is 4.79 Å². The molecule has 1 unspecified atom stereocenters. The maximum Gasteiger partial charge on any atom is 0.253 e. The zero-order valence-corrected chi connectivity index (χ0v) is 15.6. The number of aryl methyl sites for hydroxylation is 1. The summed E-state index contributed by atoms with van der Waals surface area (Å²) in [7, 11) is 1.64. The van der Waals surface area contributed by atoms with Gasteiger partial charge in [0.2, 0.25) is 0 Å². The molecule has 2 aromatic rings. The topological polar surface area (TPSA) is 52.5 Å². The van der Waals surface area contributed by atoms with Crippen molar-refractivity contribution in [3.8, 4) is 11.5 Å². The van der Waals surface area contributed by atoms with E-state index in [-0.39, 0.29) is 11.9 Å². The van der Waals surface area contributed by atoms with Crippen molar-refractivity contribution in [2.75, 3.05) is 13.7 Å². The summed E-state index contributed by atoms with van der Waals surface area (Å²) < 4.78 is 13.2. The third-order valence-electron chi connectivity index (χ3n) is 4.76. The highest BCUT2D eigenvalue weighted by atomic mass is 16.5. The van der Waals surface area contributed by atoms with Crippen LogP contribution in [0.1, 0.15) is 47.2 Å². The van der Waals surface area contributed by atoms with Gasteiger partial charge in [0.15, 0.2) is 0 Å². The van der Waals surface area contributed by atoms with Gasteiger partial charge in [0.25, 0.3) is 5.91 Å². The van der Waals surface area contributed by atoms with Crippen LogP contribution >= 0.6 is 0 Å². The van der Waals surface area contributed by atoms with Gasteiger partial charge in [-0.05, 0) is 51.8 Å². The number of hydrogen-bond acceptors (Lipinski definition) is 3. The molecule has 5 heteroatoms. The van der Waals surface area contributed by atoms with E-state index in [0.717, 1.165) is 40.4 Å². The van der Waals surface area contributed by atoms with Crippen molar-refractivity contribution in [2.45, 2.75) is 46.2 Å². The molecule has 1 aromatic carbocycles. The van der Waals surface area contributed by atoms with E-state index in [4.69, 9.17) is 9.47 Å². The van der Waals surface area contributed by atoms with Crippen LogP contribution in [0.5, 0.6) is 11.5 Å². The number of fused-ring (bicyclic) bond motifs is 1. The molecule has 1 N–H and O–H groups in total. The molecule has 1 aliphatic heterocycles. The predicted molar refractivity (Wildman–Crippen MR) is 97.7 cm³/mol. The Labute approximate surface area is 148 Å². The van der Waals surface area contributed by atoms with Gasteiger partial charge in [-0.1, -0.05) is 6.07 Å². The van der Waals surface area contributed by atoms with Crippen LogP contribution in [0.25, 0.3) is 0 Å². The number of aromatic nitrogens is 1. The highest BCUT2D eigenvalue weighted by molar-refractivity contribution is 5.96. The maximum atomic E-state index is 12.7. The van der Waals surface area contributed by atoms with E-state index in [9.17, 15) is 4.79 Å². The summed E-state index contributed by atoms with van der Waals surface area (Å²) in [6, 6.07) is 8.08. The Balaban J connectivity index is 1.73. The first-order valence-electron chi connectivity index (χ1n) is 8.69. The fourth-order valence-corrected chi connectivity index (χ4v) is 3.64. The number of carbonyl (C=O) groups excluding carboxylic acids is 1. The molecule has 25 heavy (non-hydrogen) atoms. The van der Waals surface area contributed by atoms with Gasteiger partial charge in [-0.25, -0.2) is 0 Å². The van der Waals surface area contributed by atoms with E-state index < -0.39 is 0 Å². The van der Waals surface area contributed by atoms with Crippen molar-refractivity contribution in [1.29, 1.82) is 0 Å². The third kappa shape index (κ3) is 3.36. The SMILES string of the molecule is COc1ccc2c(c1)OCC(NC(=O)c1cc(C)n(C(C)C)c1C)C2. The molecule has 134 valence electrons. The maximum absolute atomic E-state index is 12.7. The lowest BCUT2D eigenvalue weighted by molar-refractivity contribution is 0.0914. The summed E-state index contributed by atoms with van der Waals surface area (Å²) in [5.41, 5.74) is 3.94. The molecule has 3 rings (SSSR count). The minimum absolute atomic E-state index is 0.0319. The highest BCUT2D eigenvalue weighted by Crippen LogP contribution is 2.29. The lowest BCUT2D eigenvalue weighted by atomic mass is 10.0. The molecule has 1 atom stereocenters. The number of benzene rings is 1. The molecule has 5 nitrogen and oxygen atoms in total. The second kappa shape index (κ2) is 6.82. The summed E-state index contributed by atoms with van der Waals surface area (Å²) >= 11 is 0. The van der Waals surface area contributed by atoms with Crippen LogP contribution in [0, 0.1) is 13.8 Å². The Morgan fingerprint density at radius 3 is 2.72 bits per heavy atom. The number of carbonyl (C=O) groups is 1. The zero-order chi connectivity index (χ0) is 18.1. The van der Waals surface area contributed by atoms with Crippen molar-refractivity contribution >= 4 is 5.91 Å². The standard InChI is InChI=1S/C20H26N2O3/c1-12(2)22-13(3)8-18(14(22)4)20(23)21-16-9-15-6-7-17(24-5)10-19(15)25-11-16/h6-8,10,12,16H,9,11H2,1-5H3,(H,21,23). The van der Waals surface area contributed by atoms with Gasteiger partial charge in [0, 0.05) is 23.5 Å². The molecule has 1 amide bonds. The first kappa shape index (κ1) is 17.4. The van der Waals surface area contributed by atoms with Gasteiger partial charge in [-0.2, -0.15) is 0 Å². The minimum Gasteiger partial charge on any atom is -0.497 e. The Kier molecular flexibility index (Phi) is 4.75. The molecule has 2 heterocycles. The first-order chi connectivity index (χ1) is 11.9. The molecule has 0 radical (unpaired) electrons. The van der Waals surface area contributed by atoms with E-state index in [1.807, 2.05) is 38.1 Å². The number of ether oxygens (including phenoxy) is 2. The Morgan fingerprint density at radius 1 is 1.32 bits per heavy atom. The molecule has 0 bridgehead atoms. The number of amides is 1. The lowest BCUT2D eigenvalue weighted by Crippen LogP contribution is -2.42. The normalized spacial score (nSPS) is 16.3. The molecule has 0 saturated carbocycles. The summed E-state index contributed by atoms with van der Waals surface area (Å²) in [6.07, 6.45) is 0.758. The zero-order valence-electron chi connectivity index (χ0n) is 15.6. The van der Waals surface area contributed by atoms with E-state index >= 15 is 0 Å². The average Bonchev–Trinajstić information content (AvgIpc) is 2.89. The molecular formula is C20H26N2O3. The summed E-state index contributed by atoms with van der Waals surface area (Å²) in [5.74, 6) is 1.58. The number of hydrogen-bond donors (Lipinski definition) is 1. The quantitative estimate of drug-likeness (QED) is 0.926. The molecular weight excluding hydrogens is 316 g/mol. The van der Waals surface area contributed by atoms with Crippen LogP contribution < -0.4 is 14.8 Å². The molecule has 1 aliphatic rings. The fraction of sp³-hybridized carbons (Fsp3) is 0.450. The minimum atomic E-state index is -0.0365. The Morgan fingerprint density at radius 2 is 2.08 bits per heavy atom. The average molecular weight is 342 g/mol. The van der Waals surface area contributed by atoms with Gasteiger partial charge >= 0.3 is 0 Å². The molecule has 1 aromatic heterocycles. The fourth-order valence-electron chi connectivity index (χ4n) is 3.64. The van der Waals surface area contributed by atoms with E-state index in [0.29, 0.717) is 12.6 Å². The molecule has 0 fully saturated rings. The highest BCUT2D eigenvalue weighted by Gasteiger charge is 2.24. The smallest absolute Gasteiger partial charge is 0.253 e.